The van der Waals surface area contributed by atoms with Gasteiger partial charge in [-0.05, 0) is 31.0 Å². The number of aryl methyl sites for hydroxylation is 2. The lowest BCUT2D eigenvalue weighted by Gasteiger charge is -2.10. The Balaban J connectivity index is 2.11. The van der Waals surface area contributed by atoms with Crippen LogP contribution in [0.25, 0.3) is 11.1 Å². The minimum Gasteiger partial charge on any atom is -0.481 e. The molecule has 2 aromatic rings. The first-order valence-corrected chi connectivity index (χ1v) is 8.24. The summed E-state index contributed by atoms with van der Waals surface area (Å²) in [6.45, 7) is 2.18. The quantitative estimate of drug-likeness (QED) is 0.655. The van der Waals surface area contributed by atoms with Crippen molar-refractivity contribution in [1.29, 1.82) is 0 Å². The van der Waals surface area contributed by atoms with Gasteiger partial charge in [-0.25, -0.2) is 4.79 Å². The van der Waals surface area contributed by atoms with Gasteiger partial charge in [0.2, 0.25) is 0 Å². The molecule has 24 heavy (non-hydrogen) atoms. The van der Waals surface area contributed by atoms with Crippen LogP contribution in [0.2, 0.25) is 0 Å². The van der Waals surface area contributed by atoms with Gasteiger partial charge in [-0.15, -0.1) is 0 Å². The number of nitrogens with zero attached hydrogens (tertiary/aromatic N) is 2. The SMILES string of the molecule is Cc1nn(C)c(NC(=O)NCCCC(=O)O)c1-c1ccc(Br)cc1. The van der Waals surface area contributed by atoms with Crippen molar-refractivity contribution >= 4 is 33.7 Å². The largest absolute Gasteiger partial charge is 0.481 e. The molecule has 0 saturated carbocycles. The summed E-state index contributed by atoms with van der Waals surface area (Å²) < 4.78 is 2.59. The molecule has 128 valence electrons. The molecule has 7 nitrogen and oxygen atoms in total. The van der Waals surface area contributed by atoms with E-state index in [0.717, 1.165) is 21.3 Å². The molecule has 0 aliphatic rings. The van der Waals surface area contributed by atoms with Gasteiger partial charge in [0.25, 0.3) is 0 Å². The molecule has 0 atom stereocenters. The maximum Gasteiger partial charge on any atom is 0.320 e. The van der Waals surface area contributed by atoms with Crippen LogP contribution in [0.4, 0.5) is 10.6 Å². The van der Waals surface area contributed by atoms with Crippen LogP contribution in [0.5, 0.6) is 0 Å². The lowest BCUT2D eigenvalue weighted by atomic mass is 10.1. The Bertz CT molecular complexity index is 741. The summed E-state index contributed by atoms with van der Waals surface area (Å²) >= 11 is 3.40. The van der Waals surface area contributed by atoms with Crippen molar-refractivity contribution in [3.05, 3.63) is 34.4 Å². The molecule has 1 aromatic heterocycles. The van der Waals surface area contributed by atoms with E-state index in [1.165, 1.54) is 0 Å². The second-order valence-electron chi connectivity index (χ2n) is 5.32. The third-order valence-corrected chi connectivity index (χ3v) is 3.97. The number of halogens is 1. The number of urea groups is 1. The van der Waals surface area contributed by atoms with Crippen molar-refractivity contribution in [3.63, 3.8) is 0 Å². The van der Waals surface area contributed by atoms with E-state index in [0.29, 0.717) is 18.8 Å². The van der Waals surface area contributed by atoms with Crippen LogP contribution in [-0.2, 0) is 11.8 Å². The van der Waals surface area contributed by atoms with Crippen molar-refractivity contribution < 1.29 is 14.7 Å². The minimum absolute atomic E-state index is 0.0231. The highest BCUT2D eigenvalue weighted by Crippen LogP contribution is 2.31. The minimum atomic E-state index is -0.878. The lowest BCUT2D eigenvalue weighted by Crippen LogP contribution is -2.30. The van der Waals surface area contributed by atoms with Crippen LogP contribution in [0, 0.1) is 6.92 Å². The summed E-state index contributed by atoms with van der Waals surface area (Å²) in [5.41, 5.74) is 2.61. The van der Waals surface area contributed by atoms with Crippen LogP contribution >= 0.6 is 15.9 Å². The average Bonchev–Trinajstić information content (AvgIpc) is 2.79. The average molecular weight is 395 g/mol. The normalized spacial score (nSPS) is 10.5. The van der Waals surface area contributed by atoms with E-state index in [2.05, 4.69) is 31.7 Å². The Morgan fingerprint density at radius 2 is 1.96 bits per heavy atom. The van der Waals surface area contributed by atoms with Crippen molar-refractivity contribution in [3.8, 4) is 11.1 Å². The summed E-state index contributed by atoms with van der Waals surface area (Å²) in [6.07, 6.45) is 0.405. The number of carbonyl (C=O) groups excluding carboxylic acids is 1. The number of aliphatic carboxylic acids is 1. The molecule has 0 fully saturated rings. The van der Waals surface area contributed by atoms with Gasteiger partial charge < -0.3 is 10.4 Å². The predicted molar refractivity (Wildman–Crippen MR) is 95.0 cm³/mol. The predicted octanol–water partition coefficient (Wildman–Crippen LogP) is 3.14. The lowest BCUT2D eigenvalue weighted by molar-refractivity contribution is -0.137. The zero-order chi connectivity index (χ0) is 17.7. The standard InChI is InChI=1S/C16H19BrN4O3/c1-10-14(11-5-7-12(17)8-6-11)15(21(2)20-10)19-16(24)18-9-3-4-13(22)23/h5-8H,3-4,9H2,1-2H3,(H,22,23)(H2,18,19,24). The maximum atomic E-state index is 12.0. The number of hydrogen-bond donors (Lipinski definition) is 3. The molecule has 2 rings (SSSR count). The number of hydrogen-bond acceptors (Lipinski definition) is 3. The Labute approximate surface area is 148 Å². The summed E-state index contributed by atoms with van der Waals surface area (Å²) in [4.78, 5) is 22.5. The van der Waals surface area contributed by atoms with Crippen LogP contribution in [-0.4, -0.2) is 33.4 Å². The molecule has 2 amide bonds. The van der Waals surface area contributed by atoms with Crippen molar-refractivity contribution in [2.24, 2.45) is 7.05 Å². The van der Waals surface area contributed by atoms with Gasteiger partial charge in [-0.3, -0.25) is 14.8 Å². The highest BCUT2D eigenvalue weighted by atomic mass is 79.9. The highest BCUT2D eigenvalue weighted by molar-refractivity contribution is 9.10. The van der Waals surface area contributed by atoms with E-state index in [9.17, 15) is 9.59 Å². The van der Waals surface area contributed by atoms with E-state index in [1.54, 1.807) is 11.7 Å². The van der Waals surface area contributed by atoms with E-state index in [1.807, 2.05) is 31.2 Å². The Morgan fingerprint density at radius 1 is 1.29 bits per heavy atom. The van der Waals surface area contributed by atoms with E-state index < -0.39 is 5.97 Å². The number of anilines is 1. The number of amides is 2. The first kappa shape index (κ1) is 18.0. The number of carboxylic acid groups (broad SMARTS) is 1. The summed E-state index contributed by atoms with van der Waals surface area (Å²) in [5.74, 6) is -0.289. The molecule has 0 aliphatic heterocycles. The summed E-state index contributed by atoms with van der Waals surface area (Å²) in [6, 6.07) is 7.37. The highest BCUT2D eigenvalue weighted by Gasteiger charge is 2.17. The number of carbonyl (C=O) groups is 2. The zero-order valence-electron chi connectivity index (χ0n) is 13.5. The fraction of sp³-hybridized carbons (Fsp3) is 0.312. The molecule has 3 N–H and O–H groups in total. The molecule has 1 aromatic carbocycles. The number of nitrogens with one attached hydrogen (secondary N) is 2. The van der Waals surface area contributed by atoms with Crippen molar-refractivity contribution in [1.82, 2.24) is 15.1 Å². The molecule has 1 heterocycles. The Kier molecular flexibility index (Phi) is 5.97. The zero-order valence-corrected chi connectivity index (χ0v) is 15.1. The molecule has 0 aliphatic carbocycles. The van der Waals surface area contributed by atoms with Gasteiger partial charge in [-0.2, -0.15) is 5.10 Å². The molecular weight excluding hydrogens is 376 g/mol. The maximum absolute atomic E-state index is 12.0. The third kappa shape index (κ3) is 4.58. The van der Waals surface area contributed by atoms with Gasteiger partial charge in [0.15, 0.2) is 0 Å². The number of aromatic nitrogens is 2. The molecule has 0 bridgehead atoms. The Morgan fingerprint density at radius 3 is 2.58 bits per heavy atom. The first-order valence-electron chi connectivity index (χ1n) is 7.44. The number of benzene rings is 1. The van der Waals surface area contributed by atoms with Gasteiger partial charge in [0.05, 0.1) is 5.69 Å². The van der Waals surface area contributed by atoms with Gasteiger partial charge in [0.1, 0.15) is 5.82 Å². The summed E-state index contributed by atoms with van der Waals surface area (Å²) in [5, 5.41) is 18.4. The Hall–Kier alpha value is -2.35. The van der Waals surface area contributed by atoms with E-state index in [-0.39, 0.29) is 12.5 Å². The molecule has 0 radical (unpaired) electrons. The molecule has 0 unspecified atom stereocenters. The van der Waals surface area contributed by atoms with Crippen molar-refractivity contribution in [2.75, 3.05) is 11.9 Å². The van der Waals surface area contributed by atoms with Gasteiger partial charge in [0, 0.05) is 30.0 Å². The molecule has 0 saturated heterocycles. The smallest absolute Gasteiger partial charge is 0.320 e. The van der Waals surface area contributed by atoms with Gasteiger partial charge >= 0.3 is 12.0 Å². The van der Waals surface area contributed by atoms with Crippen LogP contribution in [0.15, 0.2) is 28.7 Å². The summed E-state index contributed by atoms with van der Waals surface area (Å²) in [7, 11) is 1.76. The van der Waals surface area contributed by atoms with E-state index >= 15 is 0 Å². The van der Waals surface area contributed by atoms with Crippen LogP contribution in [0.1, 0.15) is 18.5 Å². The van der Waals surface area contributed by atoms with Gasteiger partial charge in [-0.1, -0.05) is 28.1 Å². The fourth-order valence-corrected chi connectivity index (χ4v) is 2.62. The third-order valence-electron chi connectivity index (χ3n) is 3.44. The molecule has 0 spiro atoms. The van der Waals surface area contributed by atoms with E-state index in [4.69, 9.17) is 5.11 Å². The molecule has 8 heteroatoms. The first-order chi connectivity index (χ1) is 11.4. The number of rotatable bonds is 6. The van der Waals surface area contributed by atoms with Crippen molar-refractivity contribution in [2.45, 2.75) is 19.8 Å². The second kappa shape index (κ2) is 7.96. The fourth-order valence-electron chi connectivity index (χ4n) is 2.36. The monoisotopic (exact) mass is 394 g/mol. The van der Waals surface area contributed by atoms with Crippen LogP contribution < -0.4 is 10.6 Å². The number of carboxylic acids is 1. The molecular formula is C16H19BrN4O3. The second-order valence-corrected chi connectivity index (χ2v) is 6.23. The van der Waals surface area contributed by atoms with Crippen LogP contribution in [0.3, 0.4) is 0 Å². The topological polar surface area (TPSA) is 96.3 Å².